The van der Waals surface area contributed by atoms with E-state index in [0.29, 0.717) is 6.54 Å². The van der Waals surface area contributed by atoms with E-state index in [1.54, 1.807) is 0 Å². The van der Waals surface area contributed by atoms with E-state index < -0.39 is 0 Å². The molecule has 0 radical (unpaired) electrons. The normalized spacial score (nSPS) is 12.6. The molecule has 0 amide bonds. The van der Waals surface area contributed by atoms with Crippen LogP contribution in [0.5, 0.6) is 0 Å². The molecule has 1 atom stereocenters. The first-order valence-electron chi connectivity index (χ1n) is 7.40. The molecule has 2 aromatic carbocycles. The van der Waals surface area contributed by atoms with Crippen LogP contribution in [0, 0.1) is 0 Å². The van der Waals surface area contributed by atoms with Crippen LogP contribution < -0.4 is 5.73 Å². The predicted molar refractivity (Wildman–Crippen MR) is 90.6 cm³/mol. The van der Waals surface area contributed by atoms with Gasteiger partial charge in [-0.3, -0.25) is 4.90 Å². The molecule has 0 saturated heterocycles. The van der Waals surface area contributed by atoms with Crippen molar-refractivity contribution in [2.45, 2.75) is 18.9 Å². The average Bonchev–Trinajstić information content (AvgIpc) is 2.51. The van der Waals surface area contributed by atoms with E-state index in [9.17, 15) is 0 Å². The molecular formula is C18H23ClN2. The van der Waals surface area contributed by atoms with Crippen molar-refractivity contribution in [3.8, 4) is 0 Å². The quantitative estimate of drug-likeness (QED) is 0.840. The molecule has 3 heteroatoms. The van der Waals surface area contributed by atoms with Gasteiger partial charge in [0, 0.05) is 17.6 Å². The number of likely N-dealkylation sites (N-methyl/N-ethyl adjacent to an activating group) is 1. The van der Waals surface area contributed by atoms with Crippen LogP contribution >= 0.6 is 11.6 Å². The Bertz CT molecular complexity index is 525. The smallest absolute Gasteiger partial charge is 0.0467 e. The number of nitrogens with zero attached hydrogens (tertiary/aromatic N) is 1. The fourth-order valence-corrected chi connectivity index (χ4v) is 2.71. The van der Waals surface area contributed by atoms with Gasteiger partial charge in [0.25, 0.3) is 0 Å². The summed E-state index contributed by atoms with van der Waals surface area (Å²) in [6, 6.07) is 18.8. The molecule has 0 heterocycles. The third kappa shape index (κ3) is 4.85. The zero-order valence-electron chi connectivity index (χ0n) is 12.5. The molecule has 2 nitrogen and oxygen atoms in total. The lowest BCUT2D eigenvalue weighted by Gasteiger charge is -2.27. The Labute approximate surface area is 132 Å². The first-order chi connectivity index (χ1) is 10.2. The van der Waals surface area contributed by atoms with Crippen molar-refractivity contribution in [1.29, 1.82) is 0 Å². The van der Waals surface area contributed by atoms with Gasteiger partial charge in [-0.1, -0.05) is 54.1 Å². The highest BCUT2D eigenvalue weighted by atomic mass is 35.5. The van der Waals surface area contributed by atoms with Gasteiger partial charge in [-0.25, -0.2) is 0 Å². The fourth-order valence-electron chi connectivity index (χ4n) is 2.59. The number of hydrogen-bond acceptors (Lipinski definition) is 2. The highest BCUT2D eigenvalue weighted by Gasteiger charge is 2.14. The zero-order chi connectivity index (χ0) is 15.1. The van der Waals surface area contributed by atoms with Crippen molar-refractivity contribution < 1.29 is 0 Å². The van der Waals surface area contributed by atoms with E-state index in [1.807, 2.05) is 12.1 Å². The molecule has 1 unspecified atom stereocenters. The van der Waals surface area contributed by atoms with Crippen molar-refractivity contribution in [2.75, 3.05) is 20.1 Å². The Hall–Kier alpha value is -1.35. The van der Waals surface area contributed by atoms with Crippen LogP contribution in [0.25, 0.3) is 0 Å². The van der Waals surface area contributed by atoms with Crippen LogP contribution in [0.15, 0.2) is 54.6 Å². The molecule has 112 valence electrons. The Morgan fingerprint density at radius 1 is 1.05 bits per heavy atom. The molecular weight excluding hydrogens is 280 g/mol. The van der Waals surface area contributed by atoms with Crippen LogP contribution in [0.4, 0.5) is 0 Å². The summed E-state index contributed by atoms with van der Waals surface area (Å²) in [4.78, 5) is 2.33. The Balaban J connectivity index is 1.88. The maximum absolute atomic E-state index is 5.95. The van der Waals surface area contributed by atoms with Gasteiger partial charge < -0.3 is 5.73 Å². The van der Waals surface area contributed by atoms with E-state index in [-0.39, 0.29) is 6.04 Å². The topological polar surface area (TPSA) is 29.3 Å². The molecule has 21 heavy (non-hydrogen) atoms. The van der Waals surface area contributed by atoms with Gasteiger partial charge in [-0.05, 0) is 49.7 Å². The average molecular weight is 303 g/mol. The third-order valence-corrected chi connectivity index (χ3v) is 4.08. The Morgan fingerprint density at radius 3 is 2.33 bits per heavy atom. The third-order valence-electron chi connectivity index (χ3n) is 3.83. The van der Waals surface area contributed by atoms with Crippen LogP contribution in [0.2, 0.25) is 5.02 Å². The second-order valence-electron chi connectivity index (χ2n) is 5.37. The van der Waals surface area contributed by atoms with Gasteiger partial charge in [0.2, 0.25) is 0 Å². The maximum atomic E-state index is 5.95. The van der Waals surface area contributed by atoms with Crippen molar-refractivity contribution in [3.05, 3.63) is 70.7 Å². The van der Waals surface area contributed by atoms with Crippen molar-refractivity contribution >= 4 is 11.6 Å². The monoisotopic (exact) mass is 302 g/mol. The molecule has 0 bridgehead atoms. The Morgan fingerprint density at radius 2 is 1.71 bits per heavy atom. The molecule has 2 N–H and O–H groups in total. The summed E-state index contributed by atoms with van der Waals surface area (Å²) in [6.45, 7) is 1.64. The number of benzene rings is 2. The van der Waals surface area contributed by atoms with Crippen LogP contribution in [0.3, 0.4) is 0 Å². The molecule has 0 aliphatic rings. The Kier molecular flexibility index (Phi) is 6.24. The summed E-state index contributed by atoms with van der Waals surface area (Å²) in [7, 11) is 2.14. The van der Waals surface area contributed by atoms with Crippen LogP contribution in [-0.4, -0.2) is 25.0 Å². The van der Waals surface area contributed by atoms with Crippen molar-refractivity contribution in [2.24, 2.45) is 5.73 Å². The molecule has 0 aromatic heterocycles. The van der Waals surface area contributed by atoms with Gasteiger partial charge in [-0.2, -0.15) is 0 Å². The van der Waals surface area contributed by atoms with E-state index in [0.717, 1.165) is 24.4 Å². The summed E-state index contributed by atoms with van der Waals surface area (Å²) in [5.41, 5.74) is 8.57. The van der Waals surface area contributed by atoms with Gasteiger partial charge in [0.1, 0.15) is 0 Å². The number of nitrogens with two attached hydrogens (primary N) is 1. The standard InChI is InChI=1S/C18H23ClN2/c1-21(13-5-8-15-6-3-2-4-7-15)18(14-20)16-9-11-17(19)12-10-16/h2-4,6-7,9-12,18H,5,8,13-14,20H2,1H3. The lowest BCUT2D eigenvalue weighted by atomic mass is 10.0. The summed E-state index contributed by atoms with van der Waals surface area (Å²) in [5.74, 6) is 0. The fraction of sp³-hybridized carbons (Fsp3) is 0.333. The summed E-state index contributed by atoms with van der Waals surface area (Å²) in [5, 5.41) is 0.765. The maximum Gasteiger partial charge on any atom is 0.0467 e. The summed E-state index contributed by atoms with van der Waals surface area (Å²) in [6.07, 6.45) is 2.23. The number of rotatable bonds is 7. The van der Waals surface area contributed by atoms with Gasteiger partial charge >= 0.3 is 0 Å². The van der Waals surface area contributed by atoms with Gasteiger partial charge in [0.15, 0.2) is 0 Å². The van der Waals surface area contributed by atoms with E-state index in [4.69, 9.17) is 17.3 Å². The number of aryl methyl sites for hydroxylation is 1. The molecule has 0 aliphatic heterocycles. The van der Waals surface area contributed by atoms with Crippen molar-refractivity contribution in [1.82, 2.24) is 4.90 Å². The minimum atomic E-state index is 0.248. The van der Waals surface area contributed by atoms with Crippen LogP contribution in [-0.2, 0) is 6.42 Å². The molecule has 0 aliphatic carbocycles. The highest BCUT2D eigenvalue weighted by Crippen LogP contribution is 2.20. The largest absolute Gasteiger partial charge is 0.329 e. The zero-order valence-corrected chi connectivity index (χ0v) is 13.3. The SMILES string of the molecule is CN(CCCc1ccccc1)C(CN)c1ccc(Cl)cc1. The minimum absolute atomic E-state index is 0.248. The summed E-state index contributed by atoms with van der Waals surface area (Å²) >= 11 is 5.95. The van der Waals surface area contributed by atoms with E-state index in [1.165, 1.54) is 11.1 Å². The second-order valence-corrected chi connectivity index (χ2v) is 5.81. The molecule has 0 fully saturated rings. The van der Waals surface area contributed by atoms with E-state index in [2.05, 4.69) is 54.4 Å². The minimum Gasteiger partial charge on any atom is -0.329 e. The summed E-state index contributed by atoms with van der Waals surface area (Å²) < 4.78 is 0. The lowest BCUT2D eigenvalue weighted by Crippen LogP contribution is -2.31. The predicted octanol–water partition coefficient (Wildman–Crippen LogP) is 3.90. The molecule has 2 aromatic rings. The van der Waals surface area contributed by atoms with Gasteiger partial charge in [-0.15, -0.1) is 0 Å². The van der Waals surface area contributed by atoms with Crippen LogP contribution in [0.1, 0.15) is 23.6 Å². The molecule has 0 saturated carbocycles. The molecule has 2 rings (SSSR count). The number of hydrogen-bond donors (Lipinski definition) is 1. The first kappa shape index (κ1) is 16.0. The second kappa shape index (κ2) is 8.18. The van der Waals surface area contributed by atoms with Crippen molar-refractivity contribution in [3.63, 3.8) is 0 Å². The molecule has 0 spiro atoms. The highest BCUT2D eigenvalue weighted by molar-refractivity contribution is 6.30. The van der Waals surface area contributed by atoms with Gasteiger partial charge in [0.05, 0.1) is 0 Å². The lowest BCUT2D eigenvalue weighted by molar-refractivity contribution is 0.247. The number of halogens is 1. The first-order valence-corrected chi connectivity index (χ1v) is 7.78. The van der Waals surface area contributed by atoms with E-state index >= 15 is 0 Å².